The summed E-state index contributed by atoms with van der Waals surface area (Å²) in [6.45, 7) is 13.5. The molecule has 31 heavy (non-hydrogen) atoms. The molecule has 0 aliphatic heterocycles. The van der Waals surface area contributed by atoms with Crippen LogP contribution in [0.15, 0.2) is 59.0 Å². The summed E-state index contributed by atoms with van der Waals surface area (Å²) in [7, 11) is 0. The molecule has 0 saturated heterocycles. The molecule has 1 N–H and O–H groups in total. The normalized spacial score (nSPS) is 12.5. The summed E-state index contributed by atoms with van der Waals surface area (Å²) < 4.78 is 5.93. The lowest BCUT2D eigenvalue weighted by Crippen LogP contribution is -2.33. The Kier molecular flexibility index (Phi) is 7.14. The number of hydrogen-bond acceptors (Lipinski definition) is 5. The van der Waals surface area contributed by atoms with Gasteiger partial charge < -0.3 is 9.73 Å². The minimum atomic E-state index is 0.122. The minimum absolute atomic E-state index is 0.122. The summed E-state index contributed by atoms with van der Waals surface area (Å²) in [6, 6.07) is 20.8. The first kappa shape index (κ1) is 22.6. The van der Waals surface area contributed by atoms with Crippen LogP contribution in [0.5, 0.6) is 0 Å². The van der Waals surface area contributed by atoms with E-state index >= 15 is 0 Å². The summed E-state index contributed by atoms with van der Waals surface area (Å²) >= 11 is 0. The molecule has 2 aromatic carbocycles. The number of nitriles is 1. The van der Waals surface area contributed by atoms with Gasteiger partial charge in [-0.05, 0) is 41.8 Å². The molecular weight excluding hydrogens is 384 g/mol. The van der Waals surface area contributed by atoms with Crippen molar-refractivity contribution in [2.24, 2.45) is 0 Å². The van der Waals surface area contributed by atoms with Crippen molar-refractivity contribution in [3.05, 3.63) is 71.4 Å². The Morgan fingerprint density at radius 2 is 1.68 bits per heavy atom. The van der Waals surface area contributed by atoms with Gasteiger partial charge in [0.1, 0.15) is 6.07 Å². The fraction of sp³-hybridized carbons (Fsp3) is 0.385. The lowest BCUT2D eigenvalue weighted by molar-refractivity contribution is 0.227. The molecule has 5 heteroatoms. The molecule has 3 aromatic rings. The molecule has 0 aliphatic carbocycles. The van der Waals surface area contributed by atoms with Gasteiger partial charge in [-0.1, -0.05) is 77.1 Å². The second-order valence-electron chi connectivity index (χ2n) is 8.66. The number of nitrogens with one attached hydrogen (secondary N) is 1. The van der Waals surface area contributed by atoms with Gasteiger partial charge in [-0.2, -0.15) is 10.2 Å². The third kappa shape index (κ3) is 5.34. The van der Waals surface area contributed by atoms with Crippen molar-refractivity contribution in [3.63, 3.8) is 0 Å². The number of benzene rings is 2. The molecule has 0 spiro atoms. The zero-order chi connectivity index (χ0) is 22.4. The van der Waals surface area contributed by atoms with E-state index in [4.69, 9.17) is 4.42 Å². The van der Waals surface area contributed by atoms with Crippen LogP contribution in [0.2, 0.25) is 0 Å². The molecule has 5 nitrogen and oxygen atoms in total. The third-order valence-corrected chi connectivity index (χ3v) is 5.62. The number of nitrogens with zero attached hydrogens (tertiary/aromatic N) is 3. The van der Waals surface area contributed by atoms with E-state index in [-0.39, 0.29) is 17.2 Å². The van der Waals surface area contributed by atoms with Crippen LogP contribution in [-0.4, -0.2) is 29.5 Å². The van der Waals surface area contributed by atoms with E-state index in [0.717, 1.165) is 18.7 Å². The van der Waals surface area contributed by atoms with Crippen molar-refractivity contribution >= 4 is 5.88 Å². The van der Waals surface area contributed by atoms with E-state index in [2.05, 4.69) is 80.2 Å². The lowest BCUT2D eigenvalue weighted by Gasteiger charge is -2.31. The molecule has 0 fully saturated rings. The number of hydrogen-bond donors (Lipinski definition) is 1. The van der Waals surface area contributed by atoms with E-state index in [1.165, 1.54) is 11.1 Å². The number of oxazole rings is 1. The van der Waals surface area contributed by atoms with Gasteiger partial charge in [0.05, 0.1) is 6.04 Å². The van der Waals surface area contributed by atoms with Gasteiger partial charge in [-0.25, -0.2) is 0 Å². The smallest absolute Gasteiger partial charge is 0.232 e. The highest BCUT2D eigenvalue weighted by atomic mass is 16.4. The molecule has 1 aromatic heterocycles. The van der Waals surface area contributed by atoms with Crippen molar-refractivity contribution in [1.29, 1.82) is 5.26 Å². The largest absolute Gasteiger partial charge is 0.419 e. The van der Waals surface area contributed by atoms with Crippen LogP contribution in [0.25, 0.3) is 11.5 Å². The number of likely N-dealkylation sites (N-methyl/N-ethyl adjacent to an activating group) is 1. The van der Waals surface area contributed by atoms with Crippen LogP contribution in [0.1, 0.15) is 57.5 Å². The molecule has 0 saturated carbocycles. The molecule has 1 heterocycles. The Morgan fingerprint density at radius 3 is 2.23 bits per heavy atom. The molecule has 0 radical (unpaired) electrons. The Labute approximate surface area is 185 Å². The molecule has 0 bridgehead atoms. The molecule has 0 unspecified atom stereocenters. The number of rotatable bonds is 8. The van der Waals surface area contributed by atoms with E-state index in [1.54, 1.807) is 0 Å². The summed E-state index contributed by atoms with van der Waals surface area (Å²) in [5.74, 6) is 0.874. The summed E-state index contributed by atoms with van der Waals surface area (Å²) in [6.07, 6.45) is 0. The Balaban J connectivity index is 1.85. The maximum Gasteiger partial charge on any atom is 0.232 e. The van der Waals surface area contributed by atoms with Crippen LogP contribution >= 0.6 is 0 Å². The molecular formula is C26H32N4O. The highest BCUT2D eigenvalue weighted by Crippen LogP contribution is 2.29. The predicted molar refractivity (Wildman–Crippen MR) is 126 cm³/mol. The number of aromatic nitrogens is 1. The third-order valence-electron chi connectivity index (χ3n) is 5.62. The summed E-state index contributed by atoms with van der Waals surface area (Å²) in [5.41, 5.74) is 3.81. The highest BCUT2D eigenvalue weighted by molar-refractivity contribution is 5.58. The summed E-state index contributed by atoms with van der Waals surface area (Å²) in [4.78, 5) is 6.77. The van der Waals surface area contributed by atoms with Crippen LogP contribution in [-0.2, 0) is 5.41 Å². The van der Waals surface area contributed by atoms with Gasteiger partial charge in [0.25, 0.3) is 0 Å². The average Bonchev–Trinajstić information content (AvgIpc) is 3.20. The van der Waals surface area contributed by atoms with Gasteiger partial charge in [0, 0.05) is 12.1 Å². The van der Waals surface area contributed by atoms with Crippen molar-refractivity contribution < 1.29 is 4.42 Å². The fourth-order valence-electron chi connectivity index (χ4n) is 3.74. The second-order valence-corrected chi connectivity index (χ2v) is 8.66. The lowest BCUT2D eigenvalue weighted by atomic mass is 9.86. The van der Waals surface area contributed by atoms with Crippen molar-refractivity contribution in [2.45, 2.75) is 46.1 Å². The van der Waals surface area contributed by atoms with Gasteiger partial charge in [-0.3, -0.25) is 4.90 Å². The van der Waals surface area contributed by atoms with Gasteiger partial charge >= 0.3 is 0 Å². The maximum atomic E-state index is 9.55. The molecule has 0 aliphatic rings. The zero-order valence-electron chi connectivity index (χ0n) is 19.1. The van der Waals surface area contributed by atoms with Crippen LogP contribution < -0.4 is 5.32 Å². The van der Waals surface area contributed by atoms with Crippen LogP contribution in [0.3, 0.4) is 0 Å². The van der Waals surface area contributed by atoms with Gasteiger partial charge in [0.15, 0.2) is 0 Å². The van der Waals surface area contributed by atoms with Crippen LogP contribution in [0, 0.1) is 11.3 Å². The molecule has 0 amide bonds. The Bertz CT molecular complexity index is 1010. The SMILES string of the molecule is CCN(CC)[C@H](CNc1oc(-c2ccccc2)nc1C#N)c1ccc(C(C)(C)C)cc1. The molecule has 162 valence electrons. The number of anilines is 1. The Hall–Kier alpha value is -3.10. The Morgan fingerprint density at radius 1 is 1.03 bits per heavy atom. The van der Waals surface area contributed by atoms with E-state index in [1.807, 2.05) is 30.3 Å². The average molecular weight is 417 g/mol. The van der Waals surface area contributed by atoms with E-state index < -0.39 is 0 Å². The van der Waals surface area contributed by atoms with Gasteiger partial charge in [-0.15, -0.1) is 0 Å². The van der Waals surface area contributed by atoms with Crippen molar-refractivity contribution in [1.82, 2.24) is 9.88 Å². The standard InChI is InChI=1S/C26H32N4O/c1-6-30(7-2)23(19-13-15-21(16-14-19)26(3,4)5)18-28-25-22(17-27)29-24(31-25)20-11-9-8-10-12-20/h8-16,23,28H,6-7,18H2,1-5H3/t23-/m1/s1. The molecule has 1 atom stereocenters. The topological polar surface area (TPSA) is 65.1 Å². The maximum absolute atomic E-state index is 9.55. The van der Waals surface area contributed by atoms with Gasteiger partial charge in [0.2, 0.25) is 17.5 Å². The first-order chi connectivity index (χ1) is 14.9. The molecule has 3 rings (SSSR count). The van der Waals surface area contributed by atoms with E-state index in [9.17, 15) is 5.26 Å². The summed E-state index contributed by atoms with van der Waals surface area (Å²) in [5, 5.41) is 12.9. The van der Waals surface area contributed by atoms with Crippen molar-refractivity contribution in [2.75, 3.05) is 25.0 Å². The first-order valence-electron chi connectivity index (χ1n) is 10.9. The van der Waals surface area contributed by atoms with Crippen molar-refractivity contribution in [3.8, 4) is 17.5 Å². The highest BCUT2D eigenvalue weighted by Gasteiger charge is 2.22. The second kappa shape index (κ2) is 9.80. The predicted octanol–water partition coefficient (Wildman–Crippen LogP) is 6.01. The minimum Gasteiger partial charge on any atom is -0.419 e. The van der Waals surface area contributed by atoms with E-state index in [0.29, 0.717) is 18.3 Å². The first-order valence-corrected chi connectivity index (χ1v) is 10.9. The fourth-order valence-corrected chi connectivity index (χ4v) is 3.74. The van der Waals surface area contributed by atoms with Crippen LogP contribution in [0.4, 0.5) is 5.88 Å². The monoisotopic (exact) mass is 416 g/mol. The quantitative estimate of drug-likeness (QED) is 0.487. The zero-order valence-corrected chi connectivity index (χ0v) is 19.1.